The third-order valence-electron chi connectivity index (χ3n) is 6.85. The van der Waals surface area contributed by atoms with Crippen molar-refractivity contribution in [2.24, 2.45) is 0 Å². The van der Waals surface area contributed by atoms with Crippen LogP contribution in [0.25, 0.3) is 0 Å². The summed E-state index contributed by atoms with van der Waals surface area (Å²) in [5.74, 6) is -0.435. The maximum absolute atomic E-state index is 13.5. The molecule has 192 valence electrons. The van der Waals surface area contributed by atoms with Gasteiger partial charge < -0.3 is 15.5 Å². The molecule has 2 N–H and O–H groups in total. The third kappa shape index (κ3) is 7.05. The fraction of sp³-hybridized carbons (Fsp3) is 0.300. The fourth-order valence-electron chi connectivity index (χ4n) is 4.51. The maximum atomic E-state index is 13.5. The van der Waals surface area contributed by atoms with Gasteiger partial charge in [-0.2, -0.15) is 0 Å². The van der Waals surface area contributed by atoms with Gasteiger partial charge in [0.15, 0.2) is 0 Å². The molecular weight excluding hydrogens is 464 g/mol. The van der Waals surface area contributed by atoms with Crippen molar-refractivity contribution in [3.8, 4) is 0 Å². The zero-order valence-corrected chi connectivity index (χ0v) is 21.4. The Bertz CT molecular complexity index is 1220. The van der Waals surface area contributed by atoms with E-state index in [4.69, 9.17) is 0 Å². The number of rotatable bonds is 8. The van der Waals surface area contributed by atoms with Crippen LogP contribution in [-0.4, -0.2) is 66.3 Å². The third-order valence-corrected chi connectivity index (χ3v) is 6.85. The summed E-state index contributed by atoms with van der Waals surface area (Å²) in [6.07, 6.45) is 0.413. The minimum atomic E-state index is -0.672. The second-order valence-corrected chi connectivity index (χ2v) is 9.48. The van der Waals surface area contributed by atoms with Crippen molar-refractivity contribution in [2.45, 2.75) is 26.3 Å². The molecule has 0 spiro atoms. The number of hydrogen-bond donors (Lipinski definition) is 2. The van der Waals surface area contributed by atoms with Crippen molar-refractivity contribution in [1.29, 1.82) is 0 Å². The molecular formula is C30H34N4O3. The minimum Gasteiger partial charge on any atom is -0.340 e. The summed E-state index contributed by atoms with van der Waals surface area (Å²) in [6, 6.07) is 23.8. The van der Waals surface area contributed by atoms with Crippen LogP contribution in [0, 0.1) is 13.8 Å². The number of anilines is 1. The van der Waals surface area contributed by atoms with E-state index in [0.717, 1.165) is 22.4 Å². The molecule has 3 amide bonds. The molecule has 3 aromatic carbocycles. The molecule has 3 aromatic rings. The second kappa shape index (κ2) is 12.3. The Hall–Kier alpha value is -3.97. The van der Waals surface area contributed by atoms with Crippen molar-refractivity contribution < 1.29 is 14.4 Å². The molecule has 1 fully saturated rings. The predicted octanol–water partition coefficient (Wildman–Crippen LogP) is 3.43. The van der Waals surface area contributed by atoms with Crippen LogP contribution in [0.2, 0.25) is 0 Å². The standard InChI is InChI=1S/C30H34N4O3/c1-22-10-9-15-26(23(22)2)31-28(35)21-33-16-18-34(19-17-33)30(37)27(20-24-11-5-3-6-12-24)32-29(36)25-13-7-4-8-14-25/h3-15,27H,16-21H2,1-2H3,(H,31,35)(H,32,36). The van der Waals surface area contributed by atoms with Gasteiger partial charge in [0, 0.05) is 43.9 Å². The predicted molar refractivity (Wildman–Crippen MR) is 145 cm³/mol. The Morgan fingerprint density at radius 2 is 1.46 bits per heavy atom. The molecule has 0 aromatic heterocycles. The van der Waals surface area contributed by atoms with E-state index in [-0.39, 0.29) is 24.3 Å². The first kappa shape index (κ1) is 26.1. The molecule has 1 heterocycles. The van der Waals surface area contributed by atoms with Crippen LogP contribution in [0.4, 0.5) is 5.69 Å². The van der Waals surface area contributed by atoms with E-state index in [1.165, 1.54) is 0 Å². The van der Waals surface area contributed by atoms with Gasteiger partial charge in [0.25, 0.3) is 5.91 Å². The lowest BCUT2D eigenvalue weighted by atomic mass is 10.0. The number of carbonyl (C=O) groups is 3. The second-order valence-electron chi connectivity index (χ2n) is 9.48. The Morgan fingerprint density at radius 1 is 0.811 bits per heavy atom. The van der Waals surface area contributed by atoms with Gasteiger partial charge in [0.2, 0.25) is 11.8 Å². The Kier molecular flexibility index (Phi) is 8.69. The van der Waals surface area contributed by atoms with Gasteiger partial charge in [0.05, 0.1) is 6.54 Å². The lowest BCUT2D eigenvalue weighted by molar-refractivity contribution is -0.135. The molecule has 1 unspecified atom stereocenters. The van der Waals surface area contributed by atoms with E-state index in [1.54, 1.807) is 29.2 Å². The number of piperazine rings is 1. The van der Waals surface area contributed by atoms with Gasteiger partial charge in [-0.3, -0.25) is 19.3 Å². The SMILES string of the molecule is Cc1cccc(NC(=O)CN2CCN(C(=O)C(Cc3ccccc3)NC(=O)c3ccccc3)CC2)c1C. The van der Waals surface area contributed by atoms with Gasteiger partial charge in [-0.1, -0.05) is 60.7 Å². The van der Waals surface area contributed by atoms with E-state index in [0.29, 0.717) is 38.2 Å². The quantitative estimate of drug-likeness (QED) is 0.499. The first-order valence-corrected chi connectivity index (χ1v) is 12.7. The summed E-state index contributed by atoms with van der Waals surface area (Å²) in [6.45, 7) is 6.48. The topological polar surface area (TPSA) is 81.8 Å². The maximum Gasteiger partial charge on any atom is 0.251 e. The summed E-state index contributed by atoms with van der Waals surface area (Å²) in [5, 5.41) is 5.96. The number of hydrogen-bond acceptors (Lipinski definition) is 4. The van der Waals surface area contributed by atoms with Crippen molar-refractivity contribution in [2.75, 3.05) is 38.0 Å². The van der Waals surface area contributed by atoms with E-state index >= 15 is 0 Å². The first-order chi connectivity index (χ1) is 17.9. The Labute approximate surface area is 218 Å². The van der Waals surface area contributed by atoms with Crippen molar-refractivity contribution in [3.63, 3.8) is 0 Å². The number of aryl methyl sites for hydroxylation is 1. The molecule has 0 bridgehead atoms. The number of amides is 3. The van der Waals surface area contributed by atoms with Crippen LogP contribution >= 0.6 is 0 Å². The lowest BCUT2D eigenvalue weighted by Gasteiger charge is -2.36. The van der Waals surface area contributed by atoms with Crippen LogP contribution in [0.3, 0.4) is 0 Å². The first-order valence-electron chi connectivity index (χ1n) is 12.7. The average molecular weight is 499 g/mol. The molecule has 37 heavy (non-hydrogen) atoms. The Balaban J connectivity index is 1.35. The highest BCUT2D eigenvalue weighted by Crippen LogP contribution is 2.18. The van der Waals surface area contributed by atoms with Crippen molar-refractivity contribution in [1.82, 2.24) is 15.1 Å². The zero-order chi connectivity index (χ0) is 26.2. The monoisotopic (exact) mass is 498 g/mol. The average Bonchev–Trinajstić information content (AvgIpc) is 2.92. The van der Waals surface area contributed by atoms with Gasteiger partial charge in [-0.25, -0.2) is 0 Å². The molecule has 7 heteroatoms. The summed E-state index contributed by atoms with van der Waals surface area (Å²) >= 11 is 0. The molecule has 1 aliphatic heterocycles. The van der Waals surface area contributed by atoms with E-state index < -0.39 is 6.04 Å². The molecule has 1 atom stereocenters. The summed E-state index contributed by atoms with van der Waals surface area (Å²) in [4.78, 5) is 42.9. The number of carbonyl (C=O) groups excluding carboxylic acids is 3. The van der Waals surface area contributed by atoms with Gasteiger partial charge in [-0.05, 0) is 48.7 Å². The highest BCUT2D eigenvalue weighted by Gasteiger charge is 2.29. The van der Waals surface area contributed by atoms with Crippen molar-refractivity contribution >= 4 is 23.4 Å². The molecule has 0 saturated carbocycles. The number of nitrogens with zero attached hydrogens (tertiary/aromatic N) is 2. The normalized spacial score (nSPS) is 14.6. The van der Waals surface area contributed by atoms with Crippen molar-refractivity contribution in [3.05, 3.63) is 101 Å². The van der Waals surface area contributed by atoms with Crippen LogP contribution in [0.1, 0.15) is 27.0 Å². The van der Waals surface area contributed by atoms with E-state index in [1.807, 2.05) is 68.4 Å². The van der Waals surface area contributed by atoms with Gasteiger partial charge in [0.1, 0.15) is 6.04 Å². The fourth-order valence-corrected chi connectivity index (χ4v) is 4.51. The van der Waals surface area contributed by atoms with Crippen LogP contribution in [0.5, 0.6) is 0 Å². The molecule has 1 aliphatic rings. The zero-order valence-electron chi connectivity index (χ0n) is 21.4. The molecule has 0 radical (unpaired) electrons. The smallest absolute Gasteiger partial charge is 0.251 e. The Morgan fingerprint density at radius 3 is 2.14 bits per heavy atom. The van der Waals surface area contributed by atoms with E-state index in [9.17, 15) is 14.4 Å². The summed E-state index contributed by atoms with van der Waals surface area (Å²) in [7, 11) is 0. The van der Waals surface area contributed by atoms with Crippen LogP contribution < -0.4 is 10.6 Å². The van der Waals surface area contributed by atoms with Gasteiger partial charge >= 0.3 is 0 Å². The number of nitrogens with one attached hydrogen (secondary N) is 2. The minimum absolute atomic E-state index is 0.0643. The summed E-state index contributed by atoms with van der Waals surface area (Å²) in [5.41, 5.74) is 4.53. The lowest BCUT2D eigenvalue weighted by Crippen LogP contribution is -2.56. The molecule has 4 rings (SSSR count). The number of benzene rings is 3. The molecule has 0 aliphatic carbocycles. The van der Waals surface area contributed by atoms with Crippen LogP contribution in [-0.2, 0) is 16.0 Å². The molecule has 7 nitrogen and oxygen atoms in total. The van der Waals surface area contributed by atoms with Gasteiger partial charge in [-0.15, -0.1) is 0 Å². The summed E-state index contributed by atoms with van der Waals surface area (Å²) < 4.78 is 0. The largest absolute Gasteiger partial charge is 0.340 e. The molecule has 1 saturated heterocycles. The highest BCUT2D eigenvalue weighted by molar-refractivity contribution is 5.97. The highest BCUT2D eigenvalue weighted by atomic mass is 16.2. The van der Waals surface area contributed by atoms with Crippen LogP contribution in [0.15, 0.2) is 78.9 Å². The van der Waals surface area contributed by atoms with E-state index in [2.05, 4.69) is 15.5 Å².